The number of benzene rings is 2. The number of aromatic hydroxyl groups is 2. The van der Waals surface area contributed by atoms with Crippen LogP contribution in [0.1, 0.15) is 11.1 Å². The van der Waals surface area contributed by atoms with Gasteiger partial charge in [0.1, 0.15) is 23.6 Å². The minimum atomic E-state index is -1.24. The monoisotopic (exact) mass is 447 g/mol. The van der Waals surface area contributed by atoms with E-state index in [1.807, 2.05) is 0 Å². The van der Waals surface area contributed by atoms with Crippen molar-refractivity contribution < 1.29 is 29.7 Å². The summed E-state index contributed by atoms with van der Waals surface area (Å²) in [6.07, 6.45) is 0.181. The topological polar surface area (TPSA) is 162 Å². The van der Waals surface area contributed by atoms with E-state index in [4.69, 9.17) is 5.73 Å². The highest BCUT2D eigenvalue weighted by molar-refractivity contribution is 7.80. The molecule has 0 aliphatic carbocycles. The zero-order valence-corrected chi connectivity index (χ0v) is 17.5. The van der Waals surface area contributed by atoms with Gasteiger partial charge in [0.05, 0.1) is 6.04 Å². The Balaban J connectivity index is 1.96. The molecule has 31 heavy (non-hydrogen) atoms. The van der Waals surface area contributed by atoms with Gasteiger partial charge in [0, 0.05) is 12.2 Å². The summed E-state index contributed by atoms with van der Waals surface area (Å²) in [4.78, 5) is 36.5. The van der Waals surface area contributed by atoms with Crippen molar-refractivity contribution >= 4 is 30.4 Å². The smallest absolute Gasteiger partial charge is 0.326 e. The molecule has 166 valence electrons. The van der Waals surface area contributed by atoms with E-state index in [0.29, 0.717) is 5.56 Å². The molecule has 0 aliphatic heterocycles. The second kappa shape index (κ2) is 11.2. The first-order valence-electron chi connectivity index (χ1n) is 9.45. The summed E-state index contributed by atoms with van der Waals surface area (Å²) in [5.41, 5.74) is 7.24. The van der Waals surface area contributed by atoms with Crippen LogP contribution in [0.15, 0.2) is 48.5 Å². The van der Waals surface area contributed by atoms with Gasteiger partial charge in [-0.2, -0.15) is 12.6 Å². The van der Waals surface area contributed by atoms with Crippen LogP contribution >= 0.6 is 12.6 Å². The highest BCUT2D eigenvalue weighted by Crippen LogP contribution is 2.12. The molecule has 0 bridgehead atoms. The number of phenols is 2. The molecule has 0 aliphatic rings. The van der Waals surface area contributed by atoms with Crippen molar-refractivity contribution in [1.82, 2.24) is 10.6 Å². The Labute approximate surface area is 184 Å². The normalized spacial score (nSPS) is 13.6. The fraction of sp³-hybridized carbons (Fsp3) is 0.286. The van der Waals surface area contributed by atoms with Crippen molar-refractivity contribution in [2.75, 3.05) is 5.75 Å². The van der Waals surface area contributed by atoms with Crippen LogP contribution in [-0.4, -0.2) is 57.0 Å². The highest BCUT2D eigenvalue weighted by Gasteiger charge is 2.27. The first-order valence-corrected chi connectivity index (χ1v) is 10.1. The number of nitrogens with two attached hydrogens (primary N) is 1. The minimum Gasteiger partial charge on any atom is -0.508 e. The molecule has 0 fully saturated rings. The number of carbonyl (C=O) groups is 3. The number of phenolic OH excluding ortho intramolecular Hbond substituents is 2. The van der Waals surface area contributed by atoms with Crippen molar-refractivity contribution in [1.29, 1.82) is 0 Å². The quantitative estimate of drug-likeness (QED) is 0.256. The maximum atomic E-state index is 12.5. The maximum Gasteiger partial charge on any atom is 0.326 e. The first kappa shape index (κ1) is 24.0. The fourth-order valence-corrected chi connectivity index (χ4v) is 3.05. The fourth-order valence-electron chi connectivity index (χ4n) is 2.79. The third-order valence-electron chi connectivity index (χ3n) is 4.54. The van der Waals surface area contributed by atoms with Crippen molar-refractivity contribution in [2.45, 2.75) is 31.0 Å². The predicted molar refractivity (Wildman–Crippen MR) is 117 cm³/mol. The number of carbonyl (C=O) groups excluding carboxylic acids is 2. The number of hydrogen-bond donors (Lipinski definition) is 7. The van der Waals surface area contributed by atoms with Crippen molar-refractivity contribution in [2.24, 2.45) is 5.73 Å². The summed E-state index contributed by atoms with van der Waals surface area (Å²) in [5.74, 6) is -2.46. The van der Waals surface area contributed by atoms with Gasteiger partial charge in [-0.25, -0.2) is 4.79 Å². The zero-order valence-electron chi connectivity index (χ0n) is 16.6. The molecule has 0 spiro atoms. The lowest BCUT2D eigenvalue weighted by Crippen LogP contribution is -2.55. The molecule has 2 rings (SSSR count). The third-order valence-corrected chi connectivity index (χ3v) is 4.90. The number of nitrogens with one attached hydrogen (secondary N) is 2. The summed E-state index contributed by atoms with van der Waals surface area (Å²) in [6.45, 7) is 0. The summed E-state index contributed by atoms with van der Waals surface area (Å²) >= 11 is 4.07. The van der Waals surface area contributed by atoms with Gasteiger partial charge in [0.25, 0.3) is 0 Å². The van der Waals surface area contributed by atoms with E-state index in [-0.39, 0.29) is 30.1 Å². The van der Waals surface area contributed by atoms with Gasteiger partial charge in [-0.1, -0.05) is 24.3 Å². The Morgan fingerprint density at radius 3 is 1.71 bits per heavy atom. The SMILES string of the molecule is N[C@@H](Cc1ccc(O)cc1)C(=O)N[C@@H](CS)C(=O)N[C@@H](Cc1ccc(O)cc1)C(=O)O. The predicted octanol–water partition coefficient (Wildman–Crippen LogP) is 0.194. The van der Waals surface area contributed by atoms with Gasteiger partial charge in [0.2, 0.25) is 11.8 Å². The van der Waals surface area contributed by atoms with Crippen molar-refractivity contribution in [3.05, 3.63) is 59.7 Å². The molecule has 2 aromatic rings. The molecule has 2 amide bonds. The van der Waals surface area contributed by atoms with Crippen LogP contribution < -0.4 is 16.4 Å². The molecular formula is C21H25N3O6S. The minimum absolute atomic E-state index is 0.00500. The molecule has 0 saturated carbocycles. The van der Waals surface area contributed by atoms with Crippen LogP contribution in [-0.2, 0) is 27.2 Å². The Hall–Kier alpha value is -3.24. The second-order valence-electron chi connectivity index (χ2n) is 6.99. The van der Waals surface area contributed by atoms with Crippen LogP contribution in [0, 0.1) is 0 Å². The number of carboxylic acids is 1. The number of amides is 2. The molecule has 0 heterocycles. The van der Waals surface area contributed by atoms with Crippen LogP contribution in [0.25, 0.3) is 0 Å². The van der Waals surface area contributed by atoms with E-state index in [1.54, 1.807) is 24.3 Å². The standard InChI is InChI=1S/C21H25N3O6S/c22-16(9-12-1-5-14(25)6-2-12)19(27)24-18(11-31)20(28)23-17(21(29)30)10-13-3-7-15(26)8-4-13/h1-8,16-18,25-26,31H,9-11,22H2,(H,23,28)(H,24,27)(H,29,30)/t16-,17-,18-/m0/s1. The molecule has 0 saturated heterocycles. The molecule has 0 aromatic heterocycles. The lowest BCUT2D eigenvalue weighted by molar-refractivity contribution is -0.142. The van der Waals surface area contributed by atoms with Gasteiger partial charge in [-0.15, -0.1) is 0 Å². The molecule has 0 unspecified atom stereocenters. The lowest BCUT2D eigenvalue weighted by Gasteiger charge is -2.22. The van der Waals surface area contributed by atoms with Gasteiger partial charge in [-0.3, -0.25) is 9.59 Å². The molecule has 3 atom stereocenters. The highest BCUT2D eigenvalue weighted by atomic mass is 32.1. The van der Waals surface area contributed by atoms with Crippen LogP contribution in [0.3, 0.4) is 0 Å². The van der Waals surface area contributed by atoms with E-state index in [9.17, 15) is 29.7 Å². The van der Waals surface area contributed by atoms with E-state index < -0.39 is 35.9 Å². The second-order valence-corrected chi connectivity index (χ2v) is 7.36. The van der Waals surface area contributed by atoms with E-state index >= 15 is 0 Å². The number of rotatable bonds is 10. The van der Waals surface area contributed by atoms with Gasteiger partial charge < -0.3 is 31.7 Å². The van der Waals surface area contributed by atoms with Crippen molar-refractivity contribution in [3.63, 3.8) is 0 Å². The molecule has 9 nitrogen and oxygen atoms in total. The third kappa shape index (κ3) is 7.50. The Morgan fingerprint density at radius 2 is 1.26 bits per heavy atom. The van der Waals surface area contributed by atoms with Crippen LogP contribution in [0.4, 0.5) is 0 Å². The Bertz CT molecular complexity index is 904. The van der Waals surface area contributed by atoms with Crippen LogP contribution in [0.2, 0.25) is 0 Å². The largest absolute Gasteiger partial charge is 0.508 e. The first-order chi connectivity index (χ1) is 14.7. The Kier molecular flexibility index (Phi) is 8.71. The van der Waals surface area contributed by atoms with Gasteiger partial charge >= 0.3 is 5.97 Å². The number of thiol groups is 1. The van der Waals surface area contributed by atoms with Crippen molar-refractivity contribution in [3.8, 4) is 11.5 Å². The summed E-state index contributed by atoms with van der Waals surface area (Å²) < 4.78 is 0. The number of carboxylic acid groups (broad SMARTS) is 1. The van der Waals surface area contributed by atoms with Gasteiger partial charge in [0.15, 0.2) is 0 Å². The van der Waals surface area contributed by atoms with E-state index in [2.05, 4.69) is 23.3 Å². The number of aliphatic carboxylic acids is 1. The maximum absolute atomic E-state index is 12.5. The summed E-state index contributed by atoms with van der Waals surface area (Å²) in [7, 11) is 0. The molecule has 0 radical (unpaired) electrons. The van der Waals surface area contributed by atoms with Crippen LogP contribution in [0.5, 0.6) is 11.5 Å². The molecular weight excluding hydrogens is 422 g/mol. The average molecular weight is 448 g/mol. The molecule has 10 heteroatoms. The zero-order chi connectivity index (χ0) is 23.0. The molecule has 2 aromatic carbocycles. The average Bonchev–Trinajstić information content (AvgIpc) is 2.74. The summed E-state index contributed by atoms with van der Waals surface area (Å²) in [6, 6.07) is 8.89. The lowest BCUT2D eigenvalue weighted by atomic mass is 10.0. The number of hydrogen-bond acceptors (Lipinski definition) is 7. The van der Waals surface area contributed by atoms with E-state index in [0.717, 1.165) is 5.56 Å². The van der Waals surface area contributed by atoms with E-state index in [1.165, 1.54) is 24.3 Å². The summed E-state index contributed by atoms with van der Waals surface area (Å²) in [5, 5.41) is 33.0. The van der Waals surface area contributed by atoms with Gasteiger partial charge in [-0.05, 0) is 41.8 Å². The molecule has 7 N–H and O–H groups in total. The Morgan fingerprint density at radius 1 is 0.806 bits per heavy atom.